The van der Waals surface area contributed by atoms with Gasteiger partial charge in [0.05, 0.1) is 0 Å². The van der Waals surface area contributed by atoms with E-state index in [-0.39, 0.29) is 12.8 Å². The molecule has 0 aliphatic heterocycles. The van der Waals surface area contributed by atoms with Crippen molar-refractivity contribution in [2.45, 2.75) is 102 Å². The van der Waals surface area contributed by atoms with Crippen molar-refractivity contribution >= 4 is 10.1 Å². The zero-order valence-electron chi connectivity index (χ0n) is 13.8. The molecule has 0 saturated heterocycles. The highest BCUT2D eigenvalue weighted by Crippen LogP contribution is 2.27. The third kappa shape index (κ3) is 9.48. The lowest BCUT2D eigenvalue weighted by Crippen LogP contribution is -2.38. The monoisotopic (exact) mass is 322 g/mol. The highest BCUT2D eigenvalue weighted by Gasteiger charge is 2.39. The minimum Gasteiger partial charge on any atom is -0.372 e. The molecule has 0 aromatic rings. The molecule has 0 fully saturated rings. The first-order valence-corrected chi connectivity index (χ1v) is 10.0. The highest BCUT2D eigenvalue weighted by atomic mass is 32.2. The molecule has 0 saturated carbocycles. The predicted molar refractivity (Wildman–Crippen MR) is 87.9 cm³/mol. The summed E-state index contributed by atoms with van der Waals surface area (Å²) in [6.07, 6.45) is 11.8. The Balaban J connectivity index is 3.84. The molecule has 21 heavy (non-hydrogen) atoms. The van der Waals surface area contributed by atoms with Crippen LogP contribution in [0, 0.1) is 0 Å². The smallest absolute Gasteiger partial charge is 0.294 e. The van der Waals surface area contributed by atoms with Crippen molar-refractivity contribution in [3.63, 3.8) is 0 Å². The minimum atomic E-state index is -4.39. The van der Waals surface area contributed by atoms with Crippen molar-refractivity contribution in [3.8, 4) is 0 Å². The molecule has 1 unspecified atom stereocenters. The Bertz CT molecular complexity index is 340. The first kappa shape index (κ1) is 20.9. The average molecular weight is 323 g/mol. The van der Waals surface area contributed by atoms with Crippen molar-refractivity contribution < 1.29 is 18.1 Å². The van der Waals surface area contributed by atoms with Crippen LogP contribution in [0.15, 0.2) is 0 Å². The summed E-state index contributed by atoms with van der Waals surface area (Å²) in [4.78, 5) is -1.94. The van der Waals surface area contributed by atoms with Crippen molar-refractivity contribution in [2.75, 3.05) is 0 Å². The van der Waals surface area contributed by atoms with Crippen LogP contribution in [-0.4, -0.2) is 23.0 Å². The summed E-state index contributed by atoms with van der Waals surface area (Å²) < 4.78 is 31.9. The Morgan fingerprint density at radius 1 is 0.714 bits per heavy atom. The van der Waals surface area contributed by atoms with Gasteiger partial charge < -0.3 is 5.11 Å². The average Bonchev–Trinajstić information content (AvgIpc) is 2.42. The van der Waals surface area contributed by atoms with Crippen LogP contribution in [0.2, 0.25) is 0 Å². The van der Waals surface area contributed by atoms with Gasteiger partial charge in [-0.1, -0.05) is 71.6 Å². The molecule has 0 aromatic heterocycles. The number of rotatable bonds is 14. The van der Waals surface area contributed by atoms with Gasteiger partial charge in [-0.2, -0.15) is 8.42 Å². The van der Waals surface area contributed by atoms with E-state index in [1.54, 1.807) is 0 Å². The van der Waals surface area contributed by atoms with Crippen LogP contribution < -0.4 is 0 Å². The Morgan fingerprint density at radius 2 is 1.10 bits per heavy atom. The Morgan fingerprint density at radius 3 is 1.52 bits per heavy atom. The Labute approximate surface area is 131 Å². The van der Waals surface area contributed by atoms with Crippen LogP contribution in [0.3, 0.4) is 0 Å². The summed E-state index contributed by atoms with van der Waals surface area (Å²) in [6, 6.07) is 0. The number of unbranched alkanes of at least 4 members (excludes halogenated alkanes) is 9. The summed E-state index contributed by atoms with van der Waals surface area (Å²) in [5, 5.41) is 10.1. The molecular formula is C16H34O4S. The molecule has 0 heterocycles. The van der Waals surface area contributed by atoms with Crippen molar-refractivity contribution in [3.05, 3.63) is 0 Å². The molecule has 0 aliphatic rings. The van der Waals surface area contributed by atoms with E-state index in [0.29, 0.717) is 12.8 Å². The van der Waals surface area contributed by atoms with Gasteiger partial charge in [-0.3, -0.25) is 4.55 Å². The van der Waals surface area contributed by atoms with Gasteiger partial charge in [-0.15, -0.1) is 0 Å². The standard InChI is InChI=1S/C16H34O4S/c1-3-5-7-8-9-10-11-12-13-15-16(17,14-6-4-2)21(18,19)20/h17H,3-15H2,1-2H3,(H,18,19,20). The lowest BCUT2D eigenvalue weighted by Gasteiger charge is -2.24. The molecule has 1 atom stereocenters. The van der Waals surface area contributed by atoms with Crippen LogP contribution >= 0.6 is 0 Å². The van der Waals surface area contributed by atoms with Gasteiger partial charge >= 0.3 is 0 Å². The van der Waals surface area contributed by atoms with E-state index in [0.717, 1.165) is 19.3 Å². The van der Waals surface area contributed by atoms with Crippen molar-refractivity contribution in [1.82, 2.24) is 0 Å². The van der Waals surface area contributed by atoms with Crippen LogP contribution in [0.1, 0.15) is 97.3 Å². The molecule has 0 bridgehead atoms. The van der Waals surface area contributed by atoms with E-state index < -0.39 is 15.1 Å². The van der Waals surface area contributed by atoms with E-state index in [2.05, 4.69) is 6.92 Å². The van der Waals surface area contributed by atoms with Crippen molar-refractivity contribution in [1.29, 1.82) is 0 Å². The fourth-order valence-corrected chi connectivity index (χ4v) is 3.35. The van der Waals surface area contributed by atoms with Crippen LogP contribution in [-0.2, 0) is 10.1 Å². The largest absolute Gasteiger partial charge is 0.372 e. The Hall–Kier alpha value is -0.130. The van der Waals surface area contributed by atoms with Gasteiger partial charge in [0.15, 0.2) is 4.93 Å². The predicted octanol–water partition coefficient (Wildman–Crippen LogP) is 4.67. The van der Waals surface area contributed by atoms with E-state index in [1.807, 2.05) is 6.92 Å². The number of aliphatic hydroxyl groups is 1. The molecule has 2 N–H and O–H groups in total. The van der Waals surface area contributed by atoms with Gasteiger partial charge in [0, 0.05) is 0 Å². The van der Waals surface area contributed by atoms with Gasteiger partial charge in [0.25, 0.3) is 10.1 Å². The van der Waals surface area contributed by atoms with Gasteiger partial charge in [0.1, 0.15) is 0 Å². The van der Waals surface area contributed by atoms with Gasteiger partial charge in [0.2, 0.25) is 0 Å². The van der Waals surface area contributed by atoms with Crippen LogP contribution in [0.4, 0.5) is 0 Å². The van der Waals surface area contributed by atoms with E-state index >= 15 is 0 Å². The first-order valence-electron chi connectivity index (χ1n) is 8.56. The topological polar surface area (TPSA) is 74.6 Å². The lowest BCUT2D eigenvalue weighted by molar-refractivity contribution is 0.0890. The SMILES string of the molecule is CCCCCCCCCCCC(O)(CCCC)S(=O)(=O)O. The van der Waals surface area contributed by atoms with E-state index in [9.17, 15) is 18.1 Å². The molecule has 0 aliphatic carbocycles. The summed E-state index contributed by atoms with van der Waals surface area (Å²) in [5.74, 6) is 0. The molecule has 0 rings (SSSR count). The number of hydrogen-bond acceptors (Lipinski definition) is 3. The third-order valence-electron chi connectivity index (χ3n) is 4.07. The molecular weight excluding hydrogens is 288 g/mol. The highest BCUT2D eigenvalue weighted by molar-refractivity contribution is 7.87. The third-order valence-corrected chi connectivity index (χ3v) is 5.44. The second kappa shape index (κ2) is 11.4. The fourth-order valence-electron chi connectivity index (χ4n) is 2.55. The quantitative estimate of drug-likeness (QED) is 0.360. The number of hydrogen-bond donors (Lipinski definition) is 2. The Kier molecular flexibility index (Phi) is 11.4. The van der Waals surface area contributed by atoms with E-state index in [1.165, 1.54) is 38.5 Å². The second-order valence-corrected chi connectivity index (χ2v) is 7.81. The minimum absolute atomic E-state index is 0.124. The molecule has 0 spiro atoms. The van der Waals surface area contributed by atoms with Crippen molar-refractivity contribution in [2.24, 2.45) is 0 Å². The fraction of sp³-hybridized carbons (Fsp3) is 1.00. The normalized spacial score (nSPS) is 15.0. The molecule has 4 nitrogen and oxygen atoms in total. The zero-order valence-corrected chi connectivity index (χ0v) is 14.6. The summed E-state index contributed by atoms with van der Waals surface area (Å²) >= 11 is 0. The van der Waals surface area contributed by atoms with Crippen LogP contribution in [0.5, 0.6) is 0 Å². The zero-order chi connectivity index (χ0) is 16.2. The van der Waals surface area contributed by atoms with E-state index in [4.69, 9.17) is 0 Å². The second-order valence-electron chi connectivity index (χ2n) is 6.10. The summed E-state index contributed by atoms with van der Waals surface area (Å²) in [6.45, 7) is 4.14. The summed E-state index contributed by atoms with van der Waals surface area (Å²) in [5.41, 5.74) is 0. The van der Waals surface area contributed by atoms with Crippen LogP contribution in [0.25, 0.3) is 0 Å². The molecule has 0 amide bonds. The van der Waals surface area contributed by atoms with Gasteiger partial charge in [-0.25, -0.2) is 0 Å². The maximum absolute atomic E-state index is 11.3. The molecule has 5 heteroatoms. The summed E-state index contributed by atoms with van der Waals surface area (Å²) in [7, 11) is -4.39. The molecule has 128 valence electrons. The maximum atomic E-state index is 11.3. The lowest BCUT2D eigenvalue weighted by atomic mass is 10.0. The van der Waals surface area contributed by atoms with Gasteiger partial charge in [-0.05, 0) is 25.7 Å². The first-order chi connectivity index (χ1) is 9.87. The maximum Gasteiger partial charge on any atom is 0.294 e. The molecule has 0 radical (unpaired) electrons. The molecule has 0 aromatic carbocycles.